The van der Waals surface area contributed by atoms with E-state index in [1.807, 2.05) is 0 Å². The molecule has 1 aromatic heterocycles. The van der Waals surface area contributed by atoms with Crippen LogP contribution >= 0.6 is 0 Å². The van der Waals surface area contributed by atoms with E-state index in [0.29, 0.717) is 5.56 Å². The highest BCUT2D eigenvalue weighted by molar-refractivity contribution is 5.75. The molecule has 1 N–H and O–H groups in total. The van der Waals surface area contributed by atoms with Crippen molar-refractivity contribution in [3.05, 3.63) is 23.8 Å². The largest absolute Gasteiger partial charge is 0.481 e. The average Bonchev–Trinajstić information content (AvgIpc) is 2.04. The maximum absolute atomic E-state index is 10.6. The van der Waals surface area contributed by atoms with Gasteiger partial charge in [-0.25, -0.2) is 9.97 Å². The first-order valence-corrected chi connectivity index (χ1v) is 3.62. The fourth-order valence-electron chi connectivity index (χ4n) is 0.960. The van der Waals surface area contributed by atoms with Crippen LogP contribution in [0.3, 0.4) is 0 Å². The lowest BCUT2D eigenvalue weighted by Crippen LogP contribution is -2.09. The predicted octanol–water partition coefficient (Wildman–Crippen LogP) is 0.973. The summed E-state index contributed by atoms with van der Waals surface area (Å²) in [5, 5.41) is 8.70. The summed E-state index contributed by atoms with van der Waals surface area (Å²) in [4.78, 5) is 18.3. The highest BCUT2D eigenvalue weighted by Crippen LogP contribution is 2.15. The number of carboxylic acid groups (broad SMARTS) is 1. The summed E-state index contributed by atoms with van der Waals surface area (Å²) < 4.78 is 0. The second-order valence-electron chi connectivity index (χ2n) is 2.62. The van der Waals surface area contributed by atoms with E-state index >= 15 is 0 Å². The lowest BCUT2D eigenvalue weighted by Gasteiger charge is -2.07. The molecule has 0 aliphatic rings. The zero-order chi connectivity index (χ0) is 9.14. The number of hydrogen-bond donors (Lipinski definition) is 1. The van der Waals surface area contributed by atoms with E-state index in [1.165, 1.54) is 6.33 Å². The molecule has 0 saturated carbocycles. The Hall–Kier alpha value is -1.45. The van der Waals surface area contributed by atoms with Gasteiger partial charge in [-0.15, -0.1) is 0 Å². The van der Waals surface area contributed by atoms with Gasteiger partial charge in [-0.05, 0) is 13.8 Å². The van der Waals surface area contributed by atoms with E-state index in [0.717, 1.165) is 5.69 Å². The first-order valence-electron chi connectivity index (χ1n) is 3.62. The van der Waals surface area contributed by atoms with Gasteiger partial charge in [-0.2, -0.15) is 0 Å². The molecule has 4 heteroatoms. The Labute approximate surface area is 70.3 Å². The second-order valence-corrected chi connectivity index (χ2v) is 2.62. The monoisotopic (exact) mass is 166 g/mol. The lowest BCUT2D eigenvalue weighted by atomic mass is 10.0. The third kappa shape index (κ3) is 1.58. The Morgan fingerprint density at radius 3 is 2.83 bits per heavy atom. The molecule has 0 radical (unpaired) electrons. The molecule has 0 aromatic carbocycles. The third-order valence-electron chi connectivity index (χ3n) is 1.79. The summed E-state index contributed by atoms with van der Waals surface area (Å²) >= 11 is 0. The quantitative estimate of drug-likeness (QED) is 0.711. The van der Waals surface area contributed by atoms with E-state index in [-0.39, 0.29) is 0 Å². The summed E-state index contributed by atoms with van der Waals surface area (Å²) in [6.45, 7) is 3.39. The van der Waals surface area contributed by atoms with Crippen LogP contribution in [-0.2, 0) is 4.79 Å². The number of carboxylic acids is 1. The van der Waals surface area contributed by atoms with Crippen LogP contribution in [0.2, 0.25) is 0 Å². The van der Waals surface area contributed by atoms with Crippen molar-refractivity contribution in [2.75, 3.05) is 0 Å². The third-order valence-corrected chi connectivity index (χ3v) is 1.79. The Kier molecular flexibility index (Phi) is 2.38. The van der Waals surface area contributed by atoms with Gasteiger partial charge in [0.2, 0.25) is 0 Å². The Morgan fingerprint density at radius 2 is 2.33 bits per heavy atom. The van der Waals surface area contributed by atoms with Crippen molar-refractivity contribution < 1.29 is 9.90 Å². The van der Waals surface area contributed by atoms with E-state index in [4.69, 9.17) is 5.11 Å². The summed E-state index contributed by atoms with van der Waals surface area (Å²) in [5.74, 6) is -1.39. The van der Waals surface area contributed by atoms with Gasteiger partial charge in [-0.1, -0.05) is 0 Å². The molecule has 0 spiro atoms. The van der Waals surface area contributed by atoms with Gasteiger partial charge in [0.15, 0.2) is 0 Å². The van der Waals surface area contributed by atoms with Crippen molar-refractivity contribution in [3.8, 4) is 0 Å². The highest BCUT2D eigenvalue weighted by Gasteiger charge is 2.15. The lowest BCUT2D eigenvalue weighted by molar-refractivity contribution is -0.138. The van der Waals surface area contributed by atoms with E-state index < -0.39 is 11.9 Å². The molecule has 1 aromatic rings. The van der Waals surface area contributed by atoms with Crippen LogP contribution in [0.1, 0.15) is 24.1 Å². The molecule has 0 fully saturated rings. The normalized spacial score (nSPS) is 12.5. The minimum atomic E-state index is -0.854. The minimum absolute atomic E-state index is 0.536. The van der Waals surface area contributed by atoms with Crippen LogP contribution < -0.4 is 0 Å². The molecule has 1 rings (SSSR count). The molecule has 1 atom stereocenters. The molecule has 0 amide bonds. The molecule has 4 nitrogen and oxygen atoms in total. The first kappa shape index (κ1) is 8.64. The number of nitrogens with zero attached hydrogens (tertiary/aromatic N) is 2. The van der Waals surface area contributed by atoms with Crippen molar-refractivity contribution in [1.82, 2.24) is 9.97 Å². The molecule has 0 saturated heterocycles. The van der Waals surface area contributed by atoms with Gasteiger partial charge in [0, 0.05) is 17.5 Å². The predicted molar refractivity (Wildman–Crippen MR) is 42.8 cm³/mol. The fraction of sp³-hybridized carbons (Fsp3) is 0.375. The topological polar surface area (TPSA) is 63.1 Å². The van der Waals surface area contributed by atoms with Gasteiger partial charge >= 0.3 is 5.97 Å². The van der Waals surface area contributed by atoms with E-state index in [1.54, 1.807) is 20.0 Å². The Bertz CT molecular complexity index is 299. The van der Waals surface area contributed by atoms with Crippen LogP contribution in [0.15, 0.2) is 12.5 Å². The standard InChI is InChI=1S/C8H10N2O2/c1-5(8(11)12)7-3-9-4-10-6(7)2/h3-5H,1-2H3,(H,11,12). The summed E-state index contributed by atoms with van der Waals surface area (Å²) in [6, 6.07) is 0. The van der Waals surface area contributed by atoms with Gasteiger partial charge in [0.25, 0.3) is 0 Å². The summed E-state index contributed by atoms with van der Waals surface area (Å²) in [5.41, 5.74) is 1.39. The van der Waals surface area contributed by atoms with Crippen LogP contribution in [0.25, 0.3) is 0 Å². The highest BCUT2D eigenvalue weighted by atomic mass is 16.4. The van der Waals surface area contributed by atoms with Gasteiger partial charge in [0.1, 0.15) is 6.33 Å². The summed E-state index contributed by atoms with van der Waals surface area (Å²) in [7, 11) is 0. The molecule has 1 unspecified atom stereocenters. The van der Waals surface area contributed by atoms with Gasteiger partial charge in [0.05, 0.1) is 5.92 Å². The number of rotatable bonds is 2. The van der Waals surface area contributed by atoms with Crippen molar-refractivity contribution in [2.45, 2.75) is 19.8 Å². The first-order chi connectivity index (χ1) is 5.63. The maximum atomic E-state index is 10.6. The molecule has 12 heavy (non-hydrogen) atoms. The smallest absolute Gasteiger partial charge is 0.310 e. The van der Waals surface area contributed by atoms with Crippen molar-refractivity contribution in [1.29, 1.82) is 0 Å². The van der Waals surface area contributed by atoms with Crippen LogP contribution in [-0.4, -0.2) is 21.0 Å². The van der Waals surface area contributed by atoms with Crippen LogP contribution in [0.5, 0.6) is 0 Å². The molecule has 0 bridgehead atoms. The minimum Gasteiger partial charge on any atom is -0.481 e. The van der Waals surface area contributed by atoms with Crippen molar-refractivity contribution >= 4 is 5.97 Å². The van der Waals surface area contributed by atoms with Gasteiger partial charge in [-0.3, -0.25) is 4.79 Å². The zero-order valence-electron chi connectivity index (χ0n) is 6.98. The molecule has 1 heterocycles. The molecule has 0 aliphatic carbocycles. The van der Waals surface area contributed by atoms with Crippen molar-refractivity contribution in [3.63, 3.8) is 0 Å². The van der Waals surface area contributed by atoms with Gasteiger partial charge < -0.3 is 5.11 Å². The number of aromatic nitrogens is 2. The van der Waals surface area contributed by atoms with E-state index in [2.05, 4.69) is 9.97 Å². The fourth-order valence-corrected chi connectivity index (χ4v) is 0.960. The molecule has 64 valence electrons. The number of aliphatic carboxylic acids is 1. The number of carbonyl (C=O) groups is 1. The molecular weight excluding hydrogens is 156 g/mol. The Balaban J connectivity index is 3.02. The summed E-state index contributed by atoms with van der Waals surface area (Å²) in [6.07, 6.45) is 2.95. The van der Waals surface area contributed by atoms with Crippen molar-refractivity contribution in [2.24, 2.45) is 0 Å². The SMILES string of the molecule is Cc1ncncc1C(C)C(=O)O. The Morgan fingerprint density at radius 1 is 1.67 bits per heavy atom. The van der Waals surface area contributed by atoms with Crippen LogP contribution in [0.4, 0.5) is 0 Å². The second kappa shape index (κ2) is 3.30. The van der Waals surface area contributed by atoms with Crippen LogP contribution in [0, 0.1) is 6.92 Å². The van der Waals surface area contributed by atoms with E-state index in [9.17, 15) is 4.79 Å². The number of hydrogen-bond acceptors (Lipinski definition) is 3. The zero-order valence-corrected chi connectivity index (χ0v) is 6.98. The number of aryl methyl sites for hydroxylation is 1. The average molecular weight is 166 g/mol. The maximum Gasteiger partial charge on any atom is 0.310 e. The molecular formula is C8H10N2O2. The molecule has 0 aliphatic heterocycles.